The number of ether oxygens (including phenoxy) is 3. The van der Waals surface area contributed by atoms with Crippen LogP contribution < -0.4 is 9.47 Å². The van der Waals surface area contributed by atoms with Gasteiger partial charge in [0, 0.05) is 18.2 Å². The molecule has 0 saturated carbocycles. The van der Waals surface area contributed by atoms with E-state index in [4.69, 9.17) is 14.2 Å². The van der Waals surface area contributed by atoms with Crippen molar-refractivity contribution >= 4 is 11.9 Å². The molecule has 27 heavy (non-hydrogen) atoms. The first-order valence-corrected chi connectivity index (χ1v) is 8.66. The average Bonchev–Trinajstić information content (AvgIpc) is 2.73. The Balaban J connectivity index is 2.36. The summed E-state index contributed by atoms with van der Waals surface area (Å²) < 4.78 is 15.3. The van der Waals surface area contributed by atoms with E-state index in [2.05, 4.69) is 0 Å². The third-order valence-corrected chi connectivity index (χ3v) is 4.39. The Kier molecular flexibility index (Phi) is 7.23. The SMILES string of the molecule is COC(=O)CCN(C(=O)c1cc(OC)cc(OC)c1)C(C)c1ccccc1. The quantitative estimate of drug-likeness (QED) is 0.665. The molecule has 0 spiro atoms. The first kappa shape index (κ1) is 20.3. The zero-order chi connectivity index (χ0) is 19.8. The maximum Gasteiger partial charge on any atom is 0.307 e. The van der Waals surface area contributed by atoms with Crippen molar-refractivity contribution in [2.45, 2.75) is 19.4 Å². The molecular weight excluding hydrogens is 346 g/mol. The number of hydrogen-bond acceptors (Lipinski definition) is 5. The first-order valence-electron chi connectivity index (χ1n) is 8.66. The summed E-state index contributed by atoms with van der Waals surface area (Å²) in [5.41, 5.74) is 1.41. The van der Waals surface area contributed by atoms with E-state index in [1.165, 1.54) is 21.3 Å². The third-order valence-electron chi connectivity index (χ3n) is 4.39. The third kappa shape index (κ3) is 5.23. The van der Waals surface area contributed by atoms with E-state index in [0.717, 1.165) is 5.56 Å². The van der Waals surface area contributed by atoms with Gasteiger partial charge in [-0.3, -0.25) is 9.59 Å². The molecule has 0 aromatic heterocycles. The van der Waals surface area contributed by atoms with Crippen LogP contribution in [0.4, 0.5) is 0 Å². The second kappa shape index (κ2) is 9.62. The Morgan fingerprint density at radius 1 is 0.963 bits per heavy atom. The number of amides is 1. The minimum atomic E-state index is -0.365. The van der Waals surface area contributed by atoms with Gasteiger partial charge in [-0.25, -0.2) is 0 Å². The van der Waals surface area contributed by atoms with Crippen molar-refractivity contribution in [3.63, 3.8) is 0 Å². The fraction of sp³-hybridized carbons (Fsp3) is 0.333. The molecule has 0 saturated heterocycles. The maximum absolute atomic E-state index is 13.3. The van der Waals surface area contributed by atoms with E-state index in [-0.39, 0.29) is 30.9 Å². The van der Waals surface area contributed by atoms with Crippen molar-refractivity contribution in [3.05, 3.63) is 59.7 Å². The summed E-state index contributed by atoms with van der Waals surface area (Å²) in [5.74, 6) is 0.472. The highest BCUT2D eigenvalue weighted by Gasteiger charge is 2.24. The monoisotopic (exact) mass is 371 g/mol. The molecule has 0 bridgehead atoms. The zero-order valence-corrected chi connectivity index (χ0v) is 16.1. The van der Waals surface area contributed by atoms with Gasteiger partial charge in [-0.05, 0) is 24.6 Å². The summed E-state index contributed by atoms with van der Waals surface area (Å²) in [6.45, 7) is 2.17. The number of carbonyl (C=O) groups is 2. The highest BCUT2D eigenvalue weighted by atomic mass is 16.5. The Morgan fingerprint density at radius 3 is 2.07 bits per heavy atom. The second-order valence-electron chi connectivity index (χ2n) is 6.01. The van der Waals surface area contributed by atoms with Crippen molar-refractivity contribution in [3.8, 4) is 11.5 Å². The van der Waals surface area contributed by atoms with Crippen molar-refractivity contribution in [1.82, 2.24) is 4.90 Å². The maximum atomic E-state index is 13.3. The van der Waals surface area contributed by atoms with Crippen LogP contribution in [0.1, 0.15) is 35.3 Å². The van der Waals surface area contributed by atoms with Gasteiger partial charge in [0.05, 0.1) is 33.8 Å². The number of benzene rings is 2. The highest BCUT2D eigenvalue weighted by Crippen LogP contribution is 2.27. The Bertz CT molecular complexity index is 753. The number of rotatable bonds is 8. The fourth-order valence-corrected chi connectivity index (χ4v) is 2.79. The predicted octanol–water partition coefficient (Wildman–Crippen LogP) is 3.47. The van der Waals surface area contributed by atoms with Crippen molar-refractivity contribution in [2.75, 3.05) is 27.9 Å². The number of nitrogens with zero attached hydrogens (tertiary/aromatic N) is 1. The Labute approximate surface area is 159 Å². The van der Waals surface area contributed by atoms with E-state index >= 15 is 0 Å². The lowest BCUT2D eigenvalue weighted by molar-refractivity contribution is -0.140. The van der Waals surface area contributed by atoms with Crippen LogP contribution in [0.5, 0.6) is 11.5 Å². The van der Waals surface area contributed by atoms with Crippen LogP contribution in [0.25, 0.3) is 0 Å². The molecule has 0 aliphatic carbocycles. The molecule has 1 unspecified atom stereocenters. The standard InChI is InChI=1S/C21H25NO5/c1-15(16-8-6-5-7-9-16)22(11-10-20(23)27-4)21(24)17-12-18(25-2)14-19(13-17)26-3/h5-9,12-15H,10-11H2,1-4H3. The molecule has 0 radical (unpaired) electrons. The molecule has 1 amide bonds. The Hall–Kier alpha value is -3.02. The number of carbonyl (C=O) groups excluding carboxylic acids is 2. The second-order valence-corrected chi connectivity index (χ2v) is 6.01. The van der Waals surface area contributed by atoms with Crippen LogP contribution in [0, 0.1) is 0 Å². The summed E-state index contributed by atoms with van der Waals surface area (Å²) in [7, 11) is 4.40. The molecule has 0 aliphatic heterocycles. The van der Waals surface area contributed by atoms with E-state index in [0.29, 0.717) is 17.1 Å². The molecule has 1 atom stereocenters. The lowest BCUT2D eigenvalue weighted by Gasteiger charge is -2.29. The fourth-order valence-electron chi connectivity index (χ4n) is 2.79. The normalized spacial score (nSPS) is 11.4. The van der Waals surface area contributed by atoms with Gasteiger partial charge in [0.25, 0.3) is 5.91 Å². The van der Waals surface area contributed by atoms with Gasteiger partial charge < -0.3 is 19.1 Å². The van der Waals surface area contributed by atoms with Crippen LogP contribution in [0.3, 0.4) is 0 Å². The Morgan fingerprint density at radius 2 is 1.56 bits per heavy atom. The number of methoxy groups -OCH3 is 3. The summed E-state index contributed by atoms with van der Waals surface area (Å²) in [4.78, 5) is 26.5. The summed E-state index contributed by atoms with van der Waals surface area (Å²) in [5, 5.41) is 0. The molecule has 0 aliphatic rings. The molecule has 0 N–H and O–H groups in total. The van der Waals surface area contributed by atoms with Crippen LogP contribution in [0.15, 0.2) is 48.5 Å². The first-order chi connectivity index (χ1) is 13.0. The molecular formula is C21H25NO5. The van der Waals surface area contributed by atoms with Crippen LogP contribution in [0.2, 0.25) is 0 Å². The lowest BCUT2D eigenvalue weighted by atomic mass is 10.0. The van der Waals surface area contributed by atoms with Crippen LogP contribution in [-0.4, -0.2) is 44.7 Å². The van der Waals surface area contributed by atoms with E-state index in [1.54, 1.807) is 23.1 Å². The largest absolute Gasteiger partial charge is 0.497 e. The minimum absolute atomic E-state index is 0.112. The molecule has 6 nitrogen and oxygen atoms in total. The number of hydrogen-bond donors (Lipinski definition) is 0. The molecule has 0 heterocycles. The van der Waals surface area contributed by atoms with Crippen LogP contribution in [-0.2, 0) is 9.53 Å². The van der Waals surface area contributed by atoms with Crippen LogP contribution >= 0.6 is 0 Å². The molecule has 6 heteroatoms. The van der Waals surface area contributed by atoms with E-state index in [9.17, 15) is 9.59 Å². The van der Waals surface area contributed by atoms with Crippen molar-refractivity contribution < 1.29 is 23.8 Å². The molecule has 2 rings (SSSR count). The van der Waals surface area contributed by atoms with Crippen molar-refractivity contribution in [1.29, 1.82) is 0 Å². The van der Waals surface area contributed by atoms with Gasteiger partial charge in [0.15, 0.2) is 0 Å². The minimum Gasteiger partial charge on any atom is -0.497 e. The van der Waals surface area contributed by atoms with Crippen molar-refractivity contribution in [2.24, 2.45) is 0 Å². The van der Waals surface area contributed by atoms with Gasteiger partial charge in [0.2, 0.25) is 0 Å². The number of esters is 1. The summed E-state index contributed by atoms with van der Waals surface area (Å²) in [6.07, 6.45) is 0.112. The van der Waals surface area contributed by atoms with E-state index < -0.39 is 0 Å². The lowest BCUT2D eigenvalue weighted by Crippen LogP contribution is -2.35. The molecule has 2 aromatic carbocycles. The summed E-state index contributed by atoms with van der Waals surface area (Å²) in [6, 6.07) is 14.5. The van der Waals surface area contributed by atoms with E-state index in [1.807, 2.05) is 37.3 Å². The zero-order valence-electron chi connectivity index (χ0n) is 16.1. The summed E-state index contributed by atoms with van der Waals surface area (Å²) >= 11 is 0. The van der Waals surface area contributed by atoms with Gasteiger partial charge in [-0.1, -0.05) is 30.3 Å². The predicted molar refractivity (Wildman–Crippen MR) is 102 cm³/mol. The molecule has 0 fully saturated rings. The topological polar surface area (TPSA) is 65.1 Å². The van der Waals surface area contributed by atoms with Gasteiger partial charge in [-0.2, -0.15) is 0 Å². The van der Waals surface area contributed by atoms with Gasteiger partial charge in [-0.15, -0.1) is 0 Å². The molecule has 2 aromatic rings. The highest BCUT2D eigenvalue weighted by molar-refractivity contribution is 5.95. The smallest absolute Gasteiger partial charge is 0.307 e. The van der Waals surface area contributed by atoms with Gasteiger partial charge >= 0.3 is 5.97 Å². The molecule has 144 valence electrons. The van der Waals surface area contributed by atoms with Gasteiger partial charge in [0.1, 0.15) is 11.5 Å². The average molecular weight is 371 g/mol.